The second-order valence-corrected chi connectivity index (χ2v) is 5.46. The molecule has 0 bridgehead atoms. The third kappa shape index (κ3) is 2.89. The van der Waals surface area contributed by atoms with Gasteiger partial charge in [-0.25, -0.2) is 4.39 Å². The van der Waals surface area contributed by atoms with Crippen molar-refractivity contribution < 1.29 is 9.13 Å². The Balaban J connectivity index is 2.14. The van der Waals surface area contributed by atoms with E-state index in [9.17, 15) is 4.39 Å². The molecule has 106 valence electrons. The van der Waals surface area contributed by atoms with E-state index in [1.54, 1.807) is 12.3 Å². The molecular weight excluding hydrogens is 335 g/mol. The summed E-state index contributed by atoms with van der Waals surface area (Å²) < 4.78 is 20.0. The van der Waals surface area contributed by atoms with Crippen molar-refractivity contribution in [1.29, 1.82) is 0 Å². The predicted octanol–water partition coefficient (Wildman–Crippen LogP) is 4.39. The first kappa shape index (κ1) is 14.0. The van der Waals surface area contributed by atoms with Crippen molar-refractivity contribution in [1.82, 2.24) is 4.98 Å². The summed E-state index contributed by atoms with van der Waals surface area (Å²) in [6.07, 6.45) is 1.69. The van der Waals surface area contributed by atoms with Gasteiger partial charge in [0.25, 0.3) is 0 Å². The number of halogens is 2. The van der Waals surface area contributed by atoms with Crippen LogP contribution in [0.1, 0.15) is 5.56 Å². The van der Waals surface area contributed by atoms with Crippen LogP contribution < -0.4 is 10.5 Å². The molecule has 0 aliphatic carbocycles. The minimum absolute atomic E-state index is 0.295. The summed E-state index contributed by atoms with van der Waals surface area (Å²) in [5.41, 5.74) is 7.33. The highest BCUT2D eigenvalue weighted by Gasteiger charge is 2.11. The number of aromatic nitrogens is 1. The van der Waals surface area contributed by atoms with Gasteiger partial charge in [-0.05, 0) is 24.3 Å². The summed E-state index contributed by atoms with van der Waals surface area (Å²) in [7, 11) is 0. The zero-order valence-electron chi connectivity index (χ0n) is 11.0. The smallest absolute Gasteiger partial charge is 0.142 e. The van der Waals surface area contributed by atoms with Gasteiger partial charge in [0.15, 0.2) is 0 Å². The van der Waals surface area contributed by atoms with Crippen molar-refractivity contribution in [3.63, 3.8) is 0 Å². The number of fused-ring (bicyclic) bond motifs is 1. The van der Waals surface area contributed by atoms with Crippen LogP contribution >= 0.6 is 15.9 Å². The average Bonchev–Trinajstić information content (AvgIpc) is 2.46. The van der Waals surface area contributed by atoms with Crippen LogP contribution in [0.5, 0.6) is 11.5 Å². The van der Waals surface area contributed by atoms with E-state index in [0.29, 0.717) is 22.5 Å². The second kappa shape index (κ2) is 5.79. The van der Waals surface area contributed by atoms with Crippen LogP contribution in [0.15, 0.2) is 53.1 Å². The summed E-state index contributed by atoms with van der Waals surface area (Å²) >= 11 is 3.25. The lowest BCUT2D eigenvalue weighted by Gasteiger charge is -2.13. The molecule has 21 heavy (non-hydrogen) atoms. The van der Waals surface area contributed by atoms with E-state index < -0.39 is 0 Å². The van der Waals surface area contributed by atoms with E-state index in [4.69, 9.17) is 10.5 Å². The molecule has 2 N–H and O–H groups in total. The van der Waals surface area contributed by atoms with Gasteiger partial charge in [-0.15, -0.1) is 0 Å². The minimum Gasteiger partial charge on any atom is -0.456 e. The molecular formula is C16H12BrFN2O. The maximum absolute atomic E-state index is 13.5. The molecule has 0 amide bonds. The number of benzene rings is 2. The first-order chi connectivity index (χ1) is 10.2. The number of ether oxygens (including phenoxy) is 1. The van der Waals surface area contributed by atoms with E-state index in [-0.39, 0.29) is 5.82 Å². The molecule has 0 saturated heterocycles. The van der Waals surface area contributed by atoms with Crippen molar-refractivity contribution in [3.05, 3.63) is 64.5 Å². The molecule has 0 spiro atoms. The number of nitrogens with zero attached hydrogens (tertiary/aromatic N) is 1. The largest absolute Gasteiger partial charge is 0.456 e. The summed E-state index contributed by atoms with van der Waals surface area (Å²) in [4.78, 5) is 4.35. The molecule has 3 aromatic rings. The molecule has 1 aromatic heterocycles. The van der Waals surface area contributed by atoms with Crippen LogP contribution in [0.25, 0.3) is 10.9 Å². The second-order valence-electron chi connectivity index (χ2n) is 4.54. The van der Waals surface area contributed by atoms with Gasteiger partial charge >= 0.3 is 0 Å². The third-order valence-corrected chi connectivity index (χ3v) is 3.53. The van der Waals surface area contributed by atoms with Gasteiger partial charge in [0, 0.05) is 34.2 Å². The molecule has 0 fully saturated rings. The van der Waals surface area contributed by atoms with Gasteiger partial charge in [-0.3, -0.25) is 4.98 Å². The van der Waals surface area contributed by atoms with Crippen molar-refractivity contribution in [2.75, 3.05) is 0 Å². The van der Waals surface area contributed by atoms with Gasteiger partial charge in [0.05, 0.1) is 5.52 Å². The standard InChI is InChI=1S/C16H12BrFN2O/c17-11-5-12(18)7-13(6-11)21-16-10(8-19)9-20-15-4-2-1-3-14(15)16/h1-7,9H,8,19H2. The molecule has 0 aliphatic heterocycles. The Labute approximate surface area is 129 Å². The van der Waals surface area contributed by atoms with E-state index >= 15 is 0 Å². The van der Waals surface area contributed by atoms with Gasteiger partial charge in [0.1, 0.15) is 17.3 Å². The normalized spacial score (nSPS) is 10.8. The van der Waals surface area contributed by atoms with E-state index in [2.05, 4.69) is 20.9 Å². The predicted molar refractivity (Wildman–Crippen MR) is 83.8 cm³/mol. The maximum atomic E-state index is 13.5. The van der Waals surface area contributed by atoms with E-state index in [0.717, 1.165) is 16.5 Å². The molecule has 3 rings (SSSR count). The average molecular weight is 347 g/mol. The van der Waals surface area contributed by atoms with Crippen molar-refractivity contribution in [2.24, 2.45) is 5.73 Å². The fourth-order valence-electron chi connectivity index (χ4n) is 2.13. The van der Waals surface area contributed by atoms with Crippen LogP contribution in [-0.2, 0) is 6.54 Å². The molecule has 0 atom stereocenters. The zero-order valence-corrected chi connectivity index (χ0v) is 12.6. The van der Waals surface area contributed by atoms with Crippen LogP contribution in [-0.4, -0.2) is 4.98 Å². The molecule has 1 heterocycles. The zero-order chi connectivity index (χ0) is 14.8. The van der Waals surface area contributed by atoms with Gasteiger partial charge < -0.3 is 10.5 Å². The van der Waals surface area contributed by atoms with Crippen molar-refractivity contribution in [2.45, 2.75) is 6.54 Å². The minimum atomic E-state index is -0.368. The van der Waals surface area contributed by atoms with Crippen LogP contribution in [0, 0.1) is 5.82 Å². The molecule has 0 aliphatic rings. The number of rotatable bonds is 3. The fourth-order valence-corrected chi connectivity index (χ4v) is 2.57. The van der Waals surface area contributed by atoms with Gasteiger partial charge in [-0.2, -0.15) is 0 Å². The molecule has 3 nitrogen and oxygen atoms in total. The quantitative estimate of drug-likeness (QED) is 0.765. The molecule has 0 saturated carbocycles. The summed E-state index contributed by atoms with van der Waals surface area (Å²) in [5, 5.41) is 0.848. The number of pyridine rings is 1. The Morgan fingerprint density at radius 2 is 2.00 bits per heavy atom. The summed E-state index contributed by atoms with van der Waals surface area (Å²) in [6, 6.07) is 12.0. The van der Waals surface area contributed by atoms with Gasteiger partial charge in [0.2, 0.25) is 0 Å². The fraction of sp³-hybridized carbons (Fsp3) is 0.0625. The first-order valence-corrected chi connectivity index (χ1v) is 7.17. The Morgan fingerprint density at radius 3 is 2.76 bits per heavy atom. The Hall–Kier alpha value is -1.98. The van der Waals surface area contributed by atoms with Crippen LogP contribution in [0.2, 0.25) is 0 Å². The lowest BCUT2D eigenvalue weighted by atomic mass is 10.1. The van der Waals surface area contributed by atoms with Crippen molar-refractivity contribution >= 4 is 26.8 Å². The van der Waals surface area contributed by atoms with Crippen LogP contribution in [0.3, 0.4) is 0 Å². The van der Waals surface area contributed by atoms with Gasteiger partial charge in [-0.1, -0.05) is 28.1 Å². The number of para-hydroxylation sites is 1. The maximum Gasteiger partial charge on any atom is 0.142 e. The van der Waals surface area contributed by atoms with Crippen molar-refractivity contribution in [3.8, 4) is 11.5 Å². The summed E-state index contributed by atoms with van der Waals surface area (Å²) in [5.74, 6) is 0.653. The SMILES string of the molecule is NCc1cnc2ccccc2c1Oc1cc(F)cc(Br)c1. The number of nitrogens with two attached hydrogens (primary N) is 1. The number of hydrogen-bond donors (Lipinski definition) is 1. The first-order valence-electron chi connectivity index (χ1n) is 6.38. The Kier molecular flexibility index (Phi) is 3.86. The van der Waals surface area contributed by atoms with E-state index in [1.165, 1.54) is 12.1 Å². The highest BCUT2D eigenvalue weighted by Crippen LogP contribution is 2.33. The lowest BCUT2D eigenvalue weighted by Crippen LogP contribution is -2.01. The highest BCUT2D eigenvalue weighted by molar-refractivity contribution is 9.10. The Morgan fingerprint density at radius 1 is 1.19 bits per heavy atom. The molecule has 0 radical (unpaired) electrons. The molecule has 2 aromatic carbocycles. The van der Waals surface area contributed by atoms with E-state index in [1.807, 2.05) is 24.3 Å². The monoisotopic (exact) mass is 346 g/mol. The van der Waals surface area contributed by atoms with Crippen LogP contribution in [0.4, 0.5) is 4.39 Å². The lowest BCUT2D eigenvalue weighted by molar-refractivity contribution is 0.475. The summed E-state index contributed by atoms with van der Waals surface area (Å²) in [6.45, 7) is 0.295. The topological polar surface area (TPSA) is 48.1 Å². The highest BCUT2D eigenvalue weighted by atomic mass is 79.9. The third-order valence-electron chi connectivity index (χ3n) is 3.08. The number of hydrogen-bond acceptors (Lipinski definition) is 3. The Bertz CT molecular complexity index is 787. The molecule has 5 heteroatoms. The molecule has 0 unspecified atom stereocenters.